The number of benzene rings is 1. The molecule has 0 aliphatic carbocycles. The fourth-order valence-corrected chi connectivity index (χ4v) is 4.53. The summed E-state index contributed by atoms with van der Waals surface area (Å²) in [6.45, 7) is 8.48. The van der Waals surface area contributed by atoms with E-state index in [1.165, 1.54) is 26.2 Å². The summed E-state index contributed by atoms with van der Waals surface area (Å²) < 4.78 is 33.0. The third-order valence-corrected chi connectivity index (χ3v) is 7.36. The number of ketones is 1. The van der Waals surface area contributed by atoms with Crippen LogP contribution in [-0.4, -0.2) is 49.7 Å². The summed E-state index contributed by atoms with van der Waals surface area (Å²) in [6, 6.07) is 5.64. The summed E-state index contributed by atoms with van der Waals surface area (Å²) >= 11 is 6.00. The zero-order valence-corrected chi connectivity index (χ0v) is 20.3. The van der Waals surface area contributed by atoms with Gasteiger partial charge in [0.1, 0.15) is 4.90 Å². The third kappa shape index (κ3) is 5.75. The van der Waals surface area contributed by atoms with Crippen molar-refractivity contribution in [2.45, 2.75) is 45.6 Å². The molecule has 1 aromatic heterocycles. The standard InChI is InChI=1S/C22H29ClN2O5S/c1-14(2)9-10-25-15(3)11-18(16(25)4)20(26)13-30-22(27)17-7-8-19(23)21(12-17)31(28,29)24(5)6/h7-8,11-12,14H,9-10,13H2,1-6H3. The fourth-order valence-electron chi connectivity index (χ4n) is 3.13. The molecule has 0 aliphatic rings. The van der Waals surface area contributed by atoms with Crippen molar-refractivity contribution in [3.05, 3.63) is 51.8 Å². The molecule has 31 heavy (non-hydrogen) atoms. The summed E-state index contributed by atoms with van der Waals surface area (Å²) in [6.07, 6.45) is 0.994. The first kappa shape index (κ1) is 25.1. The monoisotopic (exact) mass is 468 g/mol. The molecule has 7 nitrogen and oxygen atoms in total. The molecule has 170 valence electrons. The molecule has 1 aromatic carbocycles. The molecule has 0 amide bonds. The number of carbonyl (C=O) groups excluding carboxylic acids is 2. The second kappa shape index (κ2) is 9.97. The topological polar surface area (TPSA) is 85.7 Å². The van der Waals surface area contributed by atoms with E-state index in [2.05, 4.69) is 18.4 Å². The number of hydrogen-bond donors (Lipinski definition) is 0. The predicted molar refractivity (Wildman–Crippen MR) is 120 cm³/mol. The Balaban J connectivity index is 2.15. The summed E-state index contributed by atoms with van der Waals surface area (Å²) in [5.41, 5.74) is 2.33. The van der Waals surface area contributed by atoms with E-state index in [1.54, 1.807) is 6.07 Å². The first-order valence-corrected chi connectivity index (χ1v) is 11.8. The van der Waals surface area contributed by atoms with Crippen molar-refractivity contribution in [2.24, 2.45) is 5.92 Å². The summed E-state index contributed by atoms with van der Waals surface area (Å²) in [7, 11) is -1.10. The Morgan fingerprint density at radius 2 is 1.81 bits per heavy atom. The van der Waals surface area contributed by atoms with E-state index in [-0.39, 0.29) is 21.3 Å². The van der Waals surface area contributed by atoms with Gasteiger partial charge >= 0.3 is 5.97 Å². The Kier molecular flexibility index (Phi) is 8.08. The molecule has 0 bridgehead atoms. The highest BCUT2D eigenvalue weighted by molar-refractivity contribution is 7.89. The highest BCUT2D eigenvalue weighted by atomic mass is 35.5. The Morgan fingerprint density at radius 3 is 2.39 bits per heavy atom. The van der Waals surface area contributed by atoms with Crippen molar-refractivity contribution in [3.8, 4) is 0 Å². The van der Waals surface area contributed by atoms with Gasteiger partial charge in [-0.05, 0) is 50.5 Å². The number of nitrogens with zero attached hydrogens (tertiary/aromatic N) is 2. The van der Waals surface area contributed by atoms with Crippen LogP contribution in [0.3, 0.4) is 0 Å². The van der Waals surface area contributed by atoms with Gasteiger partial charge in [-0.1, -0.05) is 25.4 Å². The molecule has 0 radical (unpaired) electrons. The third-order valence-electron chi connectivity index (χ3n) is 5.06. The van der Waals surface area contributed by atoms with Crippen molar-refractivity contribution < 1.29 is 22.7 Å². The number of carbonyl (C=O) groups is 2. The van der Waals surface area contributed by atoms with E-state index >= 15 is 0 Å². The number of sulfonamides is 1. The van der Waals surface area contributed by atoms with Gasteiger partial charge in [0.15, 0.2) is 6.61 Å². The molecule has 0 fully saturated rings. The predicted octanol–water partition coefficient (Wildman–Crippen LogP) is 4.09. The number of ether oxygens (including phenoxy) is 1. The Labute approximate surface area is 189 Å². The molecule has 2 aromatic rings. The molecule has 0 atom stereocenters. The van der Waals surface area contributed by atoms with Crippen molar-refractivity contribution in [1.29, 1.82) is 0 Å². The van der Waals surface area contributed by atoms with Gasteiger partial charge in [0, 0.05) is 37.6 Å². The fraction of sp³-hybridized carbons (Fsp3) is 0.455. The van der Waals surface area contributed by atoms with E-state index in [4.69, 9.17) is 16.3 Å². The molecular formula is C22H29ClN2O5S. The van der Waals surface area contributed by atoms with E-state index in [9.17, 15) is 18.0 Å². The average Bonchev–Trinajstić information content (AvgIpc) is 2.97. The number of esters is 1. The van der Waals surface area contributed by atoms with Crippen molar-refractivity contribution >= 4 is 33.4 Å². The minimum absolute atomic E-state index is 0.0000287. The number of rotatable bonds is 9. The molecule has 1 heterocycles. The zero-order valence-electron chi connectivity index (χ0n) is 18.7. The Morgan fingerprint density at radius 1 is 1.16 bits per heavy atom. The smallest absolute Gasteiger partial charge is 0.338 e. The quantitative estimate of drug-likeness (QED) is 0.408. The highest BCUT2D eigenvalue weighted by Gasteiger charge is 2.23. The van der Waals surface area contributed by atoms with Crippen LogP contribution in [0.2, 0.25) is 5.02 Å². The molecular weight excluding hydrogens is 440 g/mol. The lowest BCUT2D eigenvalue weighted by molar-refractivity contribution is 0.0474. The van der Waals surface area contributed by atoms with Crippen LogP contribution in [0.25, 0.3) is 0 Å². The normalized spacial score (nSPS) is 11.9. The van der Waals surface area contributed by atoms with Crippen LogP contribution < -0.4 is 0 Å². The largest absolute Gasteiger partial charge is 0.454 e. The van der Waals surface area contributed by atoms with E-state index in [0.717, 1.165) is 34.7 Å². The first-order valence-electron chi connectivity index (χ1n) is 9.95. The summed E-state index contributed by atoms with van der Waals surface area (Å²) in [4.78, 5) is 24.9. The van der Waals surface area contributed by atoms with Crippen LogP contribution in [0.4, 0.5) is 0 Å². The van der Waals surface area contributed by atoms with Crippen molar-refractivity contribution in [3.63, 3.8) is 0 Å². The number of halogens is 1. The SMILES string of the molecule is Cc1cc(C(=O)COC(=O)c2ccc(Cl)c(S(=O)(=O)N(C)C)c2)c(C)n1CCC(C)C. The second-order valence-corrected chi connectivity index (χ2v) is 10.6. The maximum Gasteiger partial charge on any atom is 0.338 e. The van der Waals surface area contributed by atoms with Gasteiger partial charge in [0.05, 0.1) is 10.6 Å². The van der Waals surface area contributed by atoms with Crippen molar-refractivity contribution in [1.82, 2.24) is 8.87 Å². The minimum Gasteiger partial charge on any atom is -0.454 e. The van der Waals surface area contributed by atoms with E-state index in [0.29, 0.717) is 11.5 Å². The summed E-state index contributed by atoms with van der Waals surface area (Å²) in [5.74, 6) is -0.567. The van der Waals surface area contributed by atoms with Gasteiger partial charge in [-0.2, -0.15) is 0 Å². The van der Waals surface area contributed by atoms with Crippen molar-refractivity contribution in [2.75, 3.05) is 20.7 Å². The van der Waals surface area contributed by atoms with Gasteiger partial charge in [0.2, 0.25) is 15.8 Å². The average molecular weight is 469 g/mol. The molecule has 0 aliphatic heterocycles. The molecule has 0 unspecified atom stereocenters. The van der Waals surface area contributed by atoms with Crippen LogP contribution in [0.15, 0.2) is 29.2 Å². The lowest BCUT2D eigenvalue weighted by Crippen LogP contribution is -2.23. The minimum atomic E-state index is -3.83. The van der Waals surface area contributed by atoms with Gasteiger partial charge in [-0.25, -0.2) is 17.5 Å². The second-order valence-electron chi connectivity index (χ2n) is 8.05. The number of aryl methyl sites for hydroxylation is 1. The molecule has 9 heteroatoms. The van der Waals surface area contributed by atoms with Crippen LogP contribution in [0, 0.1) is 19.8 Å². The van der Waals surface area contributed by atoms with Crippen LogP contribution >= 0.6 is 11.6 Å². The molecule has 0 spiro atoms. The molecule has 0 N–H and O–H groups in total. The lowest BCUT2D eigenvalue weighted by atomic mass is 10.1. The van der Waals surface area contributed by atoms with Gasteiger partial charge in [0.25, 0.3) is 0 Å². The van der Waals surface area contributed by atoms with E-state index < -0.39 is 22.6 Å². The van der Waals surface area contributed by atoms with Gasteiger partial charge in [-0.15, -0.1) is 0 Å². The Bertz CT molecular complexity index is 1090. The maximum atomic E-state index is 12.7. The van der Waals surface area contributed by atoms with Gasteiger partial charge in [-0.3, -0.25) is 4.79 Å². The van der Waals surface area contributed by atoms with Crippen LogP contribution in [0.5, 0.6) is 0 Å². The summed E-state index contributed by atoms with van der Waals surface area (Å²) in [5, 5.41) is -0.00448. The van der Waals surface area contributed by atoms with E-state index in [1.807, 2.05) is 13.8 Å². The van der Waals surface area contributed by atoms with Crippen LogP contribution in [0.1, 0.15) is 52.4 Å². The first-order chi connectivity index (χ1) is 14.4. The van der Waals surface area contributed by atoms with Gasteiger partial charge < -0.3 is 9.30 Å². The number of Topliss-reactive ketones (excluding diaryl/α,β-unsaturated/α-hetero) is 1. The molecule has 0 saturated heterocycles. The number of aromatic nitrogens is 1. The molecule has 0 saturated carbocycles. The number of hydrogen-bond acceptors (Lipinski definition) is 5. The zero-order chi connectivity index (χ0) is 23.5. The van der Waals surface area contributed by atoms with Crippen LogP contribution in [-0.2, 0) is 21.3 Å². The molecule has 2 rings (SSSR count). The maximum absolute atomic E-state index is 12.7. The highest BCUT2D eigenvalue weighted by Crippen LogP contribution is 2.25. The lowest BCUT2D eigenvalue weighted by Gasteiger charge is -2.13. The Hall–Kier alpha value is -2.16.